The van der Waals surface area contributed by atoms with Gasteiger partial charge in [-0.05, 0) is 48.5 Å². The monoisotopic (exact) mass is 396 g/mol. The van der Waals surface area contributed by atoms with Crippen molar-refractivity contribution in [1.82, 2.24) is 4.98 Å². The molecule has 0 saturated carbocycles. The molecule has 134 valence electrons. The van der Waals surface area contributed by atoms with Gasteiger partial charge in [-0.1, -0.05) is 11.6 Å². The maximum atomic E-state index is 12.5. The Bertz CT molecular complexity index is 1090. The number of anilines is 1. The zero-order valence-corrected chi connectivity index (χ0v) is 14.6. The first kappa shape index (κ1) is 18.2. The fourth-order valence-electron chi connectivity index (χ4n) is 2.33. The summed E-state index contributed by atoms with van der Waals surface area (Å²) >= 11 is 6.10. The Balaban J connectivity index is 1.89. The number of hydrogen-bond donors (Lipinski definition) is 1. The number of amides is 1. The molecule has 0 atom stereocenters. The third-order valence-corrected chi connectivity index (χ3v) is 5.37. The summed E-state index contributed by atoms with van der Waals surface area (Å²) in [5.41, 5.74) is 1.02. The number of rotatable bonds is 4. The lowest BCUT2D eigenvalue weighted by Crippen LogP contribution is -2.14. The van der Waals surface area contributed by atoms with E-state index in [0.29, 0.717) is 21.6 Å². The number of alkyl halides is 2. The first-order valence-electron chi connectivity index (χ1n) is 7.27. The van der Waals surface area contributed by atoms with Crippen LogP contribution in [-0.2, 0) is 9.84 Å². The number of hydrogen-bond acceptors (Lipinski definition) is 4. The maximum Gasteiger partial charge on any atom is 0.341 e. The number of halogens is 3. The predicted octanol–water partition coefficient (Wildman–Crippen LogP) is 4.14. The molecule has 0 spiro atoms. The number of nitrogens with one attached hydrogen (secondary N) is 1. The van der Waals surface area contributed by atoms with Gasteiger partial charge >= 0.3 is 5.76 Å². The van der Waals surface area contributed by atoms with Gasteiger partial charge in [0.2, 0.25) is 9.84 Å². The number of carbonyl (C=O) groups excluding carboxylic acids is 1. The second-order valence-electron chi connectivity index (χ2n) is 5.28. The standard InChI is InChI=1S/C17H11ClF2N2O3S/c18-13-7-8-14(15-12(13)2-1-9-21-15)22-16(23)10-3-5-11(6-4-10)26(24,25)17(19)20/h1-9,17H,(H,22,23). The van der Waals surface area contributed by atoms with Crippen molar-refractivity contribution >= 4 is 43.9 Å². The van der Waals surface area contributed by atoms with Crippen LogP contribution in [0.25, 0.3) is 10.9 Å². The fourth-order valence-corrected chi connectivity index (χ4v) is 3.27. The molecule has 2 aromatic carbocycles. The summed E-state index contributed by atoms with van der Waals surface area (Å²) in [6.07, 6.45) is 1.55. The molecule has 0 aliphatic rings. The van der Waals surface area contributed by atoms with E-state index in [2.05, 4.69) is 10.3 Å². The van der Waals surface area contributed by atoms with Gasteiger partial charge in [0.1, 0.15) is 0 Å². The molecule has 0 radical (unpaired) electrons. The molecule has 5 nitrogen and oxygen atoms in total. The van der Waals surface area contributed by atoms with E-state index >= 15 is 0 Å². The molecule has 9 heteroatoms. The quantitative estimate of drug-likeness (QED) is 0.719. The molecule has 0 fully saturated rings. The summed E-state index contributed by atoms with van der Waals surface area (Å²) in [6, 6.07) is 10.9. The van der Waals surface area contributed by atoms with Crippen molar-refractivity contribution < 1.29 is 22.0 Å². The molecular weight excluding hydrogens is 386 g/mol. The highest BCUT2D eigenvalue weighted by Crippen LogP contribution is 2.28. The summed E-state index contributed by atoms with van der Waals surface area (Å²) in [4.78, 5) is 16.0. The highest BCUT2D eigenvalue weighted by atomic mass is 35.5. The number of nitrogens with zero attached hydrogens (tertiary/aromatic N) is 1. The van der Waals surface area contributed by atoms with Crippen LogP contribution in [0.3, 0.4) is 0 Å². The average molecular weight is 397 g/mol. The van der Waals surface area contributed by atoms with E-state index in [1.165, 1.54) is 0 Å². The number of sulfone groups is 1. The van der Waals surface area contributed by atoms with E-state index < -0.39 is 26.4 Å². The predicted molar refractivity (Wildman–Crippen MR) is 94.3 cm³/mol. The van der Waals surface area contributed by atoms with Gasteiger partial charge in [0.05, 0.1) is 21.1 Å². The molecular formula is C17H11ClF2N2O3S. The maximum absolute atomic E-state index is 12.5. The van der Waals surface area contributed by atoms with E-state index in [9.17, 15) is 22.0 Å². The zero-order chi connectivity index (χ0) is 18.9. The lowest BCUT2D eigenvalue weighted by molar-refractivity contribution is 0.102. The van der Waals surface area contributed by atoms with Crippen LogP contribution in [-0.4, -0.2) is 25.1 Å². The molecule has 0 saturated heterocycles. The molecule has 1 aromatic heterocycles. The summed E-state index contributed by atoms with van der Waals surface area (Å²) in [5, 5.41) is 3.79. The summed E-state index contributed by atoms with van der Waals surface area (Å²) in [7, 11) is -4.70. The van der Waals surface area contributed by atoms with Gasteiger partial charge in [-0.25, -0.2) is 8.42 Å². The Kier molecular flexibility index (Phi) is 4.88. The number of fused-ring (bicyclic) bond motifs is 1. The number of pyridine rings is 1. The van der Waals surface area contributed by atoms with Crippen molar-refractivity contribution in [1.29, 1.82) is 0 Å². The molecule has 0 aliphatic carbocycles. The Morgan fingerprint density at radius 2 is 1.77 bits per heavy atom. The lowest BCUT2D eigenvalue weighted by Gasteiger charge is -2.09. The third kappa shape index (κ3) is 3.38. The van der Waals surface area contributed by atoms with Crippen molar-refractivity contribution in [2.24, 2.45) is 0 Å². The Morgan fingerprint density at radius 3 is 2.42 bits per heavy atom. The van der Waals surface area contributed by atoms with E-state index in [4.69, 9.17) is 11.6 Å². The number of benzene rings is 2. The van der Waals surface area contributed by atoms with Crippen molar-refractivity contribution in [3.8, 4) is 0 Å². The first-order chi connectivity index (χ1) is 12.3. The number of carbonyl (C=O) groups is 1. The minimum Gasteiger partial charge on any atom is -0.320 e. The molecule has 1 amide bonds. The third-order valence-electron chi connectivity index (χ3n) is 3.64. The van der Waals surface area contributed by atoms with Crippen LogP contribution in [0.4, 0.5) is 14.5 Å². The van der Waals surface area contributed by atoms with Gasteiger partial charge in [-0.15, -0.1) is 0 Å². The molecule has 0 aliphatic heterocycles. The van der Waals surface area contributed by atoms with Gasteiger partial charge in [-0.3, -0.25) is 9.78 Å². The van der Waals surface area contributed by atoms with E-state index in [1.54, 1.807) is 30.5 Å². The summed E-state index contributed by atoms with van der Waals surface area (Å²) < 4.78 is 47.9. The van der Waals surface area contributed by atoms with Crippen LogP contribution in [0, 0.1) is 0 Å². The highest BCUT2D eigenvalue weighted by molar-refractivity contribution is 7.91. The van der Waals surface area contributed by atoms with Gasteiger partial charge in [0.15, 0.2) is 0 Å². The van der Waals surface area contributed by atoms with E-state index in [0.717, 1.165) is 24.3 Å². The van der Waals surface area contributed by atoms with Crippen LogP contribution < -0.4 is 5.32 Å². The van der Waals surface area contributed by atoms with Crippen molar-refractivity contribution in [3.05, 3.63) is 65.3 Å². The summed E-state index contributed by atoms with van der Waals surface area (Å²) in [5.74, 6) is -4.06. The zero-order valence-electron chi connectivity index (χ0n) is 13.0. The summed E-state index contributed by atoms with van der Waals surface area (Å²) in [6.45, 7) is 0. The largest absolute Gasteiger partial charge is 0.341 e. The van der Waals surface area contributed by atoms with Crippen molar-refractivity contribution in [3.63, 3.8) is 0 Å². The fraction of sp³-hybridized carbons (Fsp3) is 0.0588. The number of aromatic nitrogens is 1. The second kappa shape index (κ2) is 6.97. The lowest BCUT2D eigenvalue weighted by atomic mass is 10.1. The van der Waals surface area contributed by atoms with Crippen molar-refractivity contribution in [2.45, 2.75) is 10.7 Å². The minimum absolute atomic E-state index is 0.109. The SMILES string of the molecule is O=C(Nc1ccc(Cl)c2cccnc12)c1ccc(S(=O)(=O)C(F)F)cc1. The van der Waals surface area contributed by atoms with Gasteiger partial charge < -0.3 is 5.32 Å². The van der Waals surface area contributed by atoms with E-state index in [1.807, 2.05) is 0 Å². The van der Waals surface area contributed by atoms with Gasteiger partial charge in [0, 0.05) is 17.1 Å². The van der Waals surface area contributed by atoms with Crippen LogP contribution in [0.5, 0.6) is 0 Å². The second-order valence-corrected chi connectivity index (χ2v) is 7.60. The molecule has 0 unspecified atom stereocenters. The molecule has 3 aromatic rings. The van der Waals surface area contributed by atoms with E-state index in [-0.39, 0.29) is 5.56 Å². The van der Waals surface area contributed by atoms with Gasteiger partial charge in [0.25, 0.3) is 5.91 Å². The minimum atomic E-state index is -4.70. The van der Waals surface area contributed by atoms with Crippen molar-refractivity contribution in [2.75, 3.05) is 5.32 Å². The highest BCUT2D eigenvalue weighted by Gasteiger charge is 2.26. The Hall–Kier alpha value is -2.58. The molecule has 1 N–H and O–H groups in total. The topological polar surface area (TPSA) is 76.1 Å². The Morgan fingerprint density at radius 1 is 1.08 bits per heavy atom. The molecule has 26 heavy (non-hydrogen) atoms. The Labute approximate surface area is 152 Å². The van der Waals surface area contributed by atoms with Crippen LogP contribution in [0.15, 0.2) is 59.6 Å². The van der Waals surface area contributed by atoms with Crippen LogP contribution in [0.1, 0.15) is 10.4 Å². The smallest absolute Gasteiger partial charge is 0.320 e. The van der Waals surface area contributed by atoms with Crippen LogP contribution >= 0.6 is 11.6 Å². The molecule has 0 bridgehead atoms. The van der Waals surface area contributed by atoms with Crippen LogP contribution in [0.2, 0.25) is 5.02 Å². The van der Waals surface area contributed by atoms with Gasteiger partial charge in [-0.2, -0.15) is 8.78 Å². The molecule has 3 rings (SSSR count). The average Bonchev–Trinajstić information content (AvgIpc) is 2.64. The first-order valence-corrected chi connectivity index (χ1v) is 9.20. The molecule has 1 heterocycles. The normalized spacial score (nSPS) is 11.7.